The maximum absolute atomic E-state index is 5.87. The second-order valence-corrected chi connectivity index (χ2v) is 7.50. The fourth-order valence-corrected chi connectivity index (χ4v) is 3.13. The van der Waals surface area contributed by atoms with Gasteiger partial charge in [-0.15, -0.1) is 11.6 Å². The molecule has 1 atom stereocenters. The van der Waals surface area contributed by atoms with E-state index in [1.807, 2.05) is 0 Å². The lowest BCUT2D eigenvalue weighted by Gasteiger charge is -2.06. The van der Waals surface area contributed by atoms with Crippen LogP contribution in [0.3, 0.4) is 0 Å². The molecule has 108 valence electrons. The van der Waals surface area contributed by atoms with Crippen LogP contribution >= 0.6 is 27.5 Å². The topological polar surface area (TPSA) is 0 Å². The highest BCUT2D eigenvalue weighted by atomic mass is 79.9. The first-order chi connectivity index (χ1) is 9.77. The predicted octanol–water partition coefficient (Wildman–Crippen LogP) is 6.68. The lowest BCUT2D eigenvalue weighted by atomic mass is 9.99. The van der Waals surface area contributed by atoms with Crippen LogP contribution < -0.4 is 0 Å². The molecule has 0 heterocycles. The minimum Gasteiger partial charge on any atom is -0.110 e. The largest absolute Gasteiger partial charge is 0.110 e. The third-order valence-corrected chi connectivity index (χ3v) is 4.42. The number of hydrogen-bond acceptors (Lipinski definition) is 0. The van der Waals surface area contributed by atoms with E-state index in [1.54, 1.807) is 0 Å². The normalized spacial score (nSPS) is 12.7. The summed E-state index contributed by atoms with van der Waals surface area (Å²) in [7, 11) is 0. The highest BCUT2D eigenvalue weighted by Gasteiger charge is 2.01. The summed E-state index contributed by atoms with van der Waals surface area (Å²) < 4.78 is 0.151. The number of hydrogen-bond donors (Lipinski definition) is 0. The summed E-state index contributed by atoms with van der Waals surface area (Å²) in [6, 6.07) is 15.3. The summed E-state index contributed by atoms with van der Waals surface area (Å²) in [5, 5.41) is 2.77. The lowest BCUT2D eigenvalue weighted by Crippen LogP contribution is -1.89. The number of benzene rings is 2. The molecule has 0 spiro atoms. The molecule has 20 heavy (non-hydrogen) atoms. The molecule has 0 amide bonds. The second kappa shape index (κ2) is 8.69. The van der Waals surface area contributed by atoms with E-state index in [9.17, 15) is 0 Å². The van der Waals surface area contributed by atoms with E-state index >= 15 is 0 Å². The molecule has 0 N–H and O–H groups in total. The van der Waals surface area contributed by atoms with Crippen molar-refractivity contribution in [3.05, 3.63) is 48.0 Å². The molecule has 2 aromatic carbocycles. The molecule has 2 aromatic rings. The van der Waals surface area contributed by atoms with Crippen molar-refractivity contribution in [2.24, 2.45) is 0 Å². The third-order valence-electron chi connectivity index (χ3n) is 3.75. The Morgan fingerprint density at radius 2 is 1.55 bits per heavy atom. The van der Waals surface area contributed by atoms with E-state index in [0.717, 1.165) is 6.42 Å². The maximum atomic E-state index is 5.87. The van der Waals surface area contributed by atoms with Crippen LogP contribution in [0, 0.1) is 0 Å². The molecule has 2 rings (SSSR count). The van der Waals surface area contributed by atoms with E-state index in [4.69, 9.17) is 11.6 Å². The standard InChI is InChI=1S/C18H22BrCl/c19-18(20)14-5-3-1-2-4-9-15-11-8-12-16-10-6-7-13-17(15)16/h6-8,10-13,18H,1-5,9,14H2. The first kappa shape index (κ1) is 15.9. The highest BCUT2D eigenvalue weighted by Crippen LogP contribution is 2.21. The molecule has 0 aliphatic rings. The number of unbranched alkanes of at least 4 members (excludes halogenated alkanes) is 4. The van der Waals surface area contributed by atoms with Crippen molar-refractivity contribution in [2.45, 2.75) is 49.2 Å². The Kier molecular flexibility index (Phi) is 6.89. The molecule has 0 nitrogen and oxygen atoms in total. The molecule has 2 heteroatoms. The quantitative estimate of drug-likeness (QED) is 0.366. The lowest BCUT2D eigenvalue weighted by molar-refractivity contribution is 0.606. The van der Waals surface area contributed by atoms with Crippen LogP contribution in [0.1, 0.15) is 44.1 Å². The van der Waals surface area contributed by atoms with Crippen molar-refractivity contribution in [2.75, 3.05) is 0 Å². The van der Waals surface area contributed by atoms with Crippen LogP contribution in [0.2, 0.25) is 0 Å². The molecule has 0 aromatic heterocycles. The van der Waals surface area contributed by atoms with E-state index in [2.05, 4.69) is 58.4 Å². The molecule has 0 saturated heterocycles. The molecule has 1 unspecified atom stereocenters. The third kappa shape index (κ3) is 5.10. The second-order valence-electron chi connectivity index (χ2n) is 5.34. The van der Waals surface area contributed by atoms with Crippen LogP contribution in [0.25, 0.3) is 10.8 Å². The molecule has 0 bridgehead atoms. The van der Waals surface area contributed by atoms with Gasteiger partial charge in [0.05, 0.1) is 4.29 Å². The summed E-state index contributed by atoms with van der Waals surface area (Å²) in [4.78, 5) is 0. The van der Waals surface area contributed by atoms with Gasteiger partial charge in [-0.3, -0.25) is 0 Å². The number of alkyl halides is 2. The van der Waals surface area contributed by atoms with E-state index < -0.39 is 0 Å². The van der Waals surface area contributed by atoms with Gasteiger partial charge in [0.2, 0.25) is 0 Å². The SMILES string of the molecule is ClC(Br)CCCCCCCc1cccc2ccccc12. The zero-order valence-electron chi connectivity index (χ0n) is 11.8. The molecule has 0 fully saturated rings. The first-order valence-corrected chi connectivity index (χ1v) is 8.87. The van der Waals surface area contributed by atoms with Crippen molar-refractivity contribution >= 4 is 38.3 Å². The van der Waals surface area contributed by atoms with Gasteiger partial charge >= 0.3 is 0 Å². The van der Waals surface area contributed by atoms with E-state index in [0.29, 0.717) is 0 Å². The summed E-state index contributed by atoms with van der Waals surface area (Å²) in [5.41, 5.74) is 1.49. The average Bonchev–Trinajstić information content (AvgIpc) is 2.46. The predicted molar refractivity (Wildman–Crippen MR) is 93.9 cm³/mol. The molecule has 0 aliphatic heterocycles. The van der Waals surface area contributed by atoms with Crippen molar-refractivity contribution in [3.8, 4) is 0 Å². The van der Waals surface area contributed by atoms with Gasteiger partial charge in [0, 0.05) is 0 Å². The average molecular weight is 354 g/mol. The van der Waals surface area contributed by atoms with Crippen molar-refractivity contribution < 1.29 is 0 Å². The van der Waals surface area contributed by atoms with Gasteiger partial charge in [0.1, 0.15) is 0 Å². The Balaban J connectivity index is 1.73. The number of fused-ring (bicyclic) bond motifs is 1. The van der Waals surface area contributed by atoms with E-state index in [-0.39, 0.29) is 4.29 Å². The fraction of sp³-hybridized carbons (Fsp3) is 0.444. The van der Waals surface area contributed by atoms with Crippen LogP contribution in [0.15, 0.2) is 42.5 Å². The fourth-order valence-electron chi connectivity index (χ4n) is 2.65. The Labute approximate surface area is 135 Å². The summed E-state index contributed by atoms with van der Waals surface area (Å²) in [6.45, 7) is 0. The van der Waals surface area contributed by atoms with Gasteiger partial charge in [0.15, 0.2) is 0 Å². The monoisotopic (exact) mass is 352 g/mol. The molecule has 0 radical (unpaired) electrons. The van der Waals surface area contributed by atoms with E-state index in [1.165, 1.54) is 54.9 Å². The van der Waals surface area contributed by atoms with Crippen LogP contribution in [0.4, 0.5) is 0 Å². The Bertz CT molecular complexity index is 516. The molecule has 0 saturated carbocycles. The number of aryl methyl sites for hydroxylation is 1. The minimum absolute atomic E-state index is 0.151. The van der Waals surface area contributed by atoms with Crippen LogP contribution in [0.5, 0.6) is 0 Å². The molecular weight excluding hydrogens is 332 g/mol. The smallest absolute Gasteiger partial charge is 0.0886 e. The Morgan fingerprint density at radius 3 is 2.40 bits per heavy atom. The highest BCUT2D eigenvalue weighted by molar-refractivity contribution is 9.10. The summed E-state index contributed by atoms with van der Waals surface area (Å²) in [5.74, 6) is 0. The Morgan fingerprint density at radius 1 is 0.850 bits per heavy atom. The van der Waals surface area contributed by atoms with Gasteiger partial charge in [-0.25, -0.2) is 0 Å². The minimum atomic E-state index is 0.151. The summed E-state index contributed by atoms with van der Waals surface area (Å²) in [6.07, 6.45) is 8.72. The first-order valence-electron chi connectivity index (χ1n) is 7.52. The van der Waals surface area contributed by atoms with Crippen LogP contribution in [-0.2, 0) is 6.42 Å². The van der Waals surface area contributed by atoms with Crippen molar-refractivity contribution in [1.82, 2.24) is 0 Å². The van der Waals surface area contributed by atoms with Crippen LogP contribution in [-0.4, -0.2) is 4.29 Å². The van der Waals surface area contributed by atoms with Gasteiger partial charge < -0.3 is 0 Å². The molecule has 0 aliphatic carbocycles. The van der Waals surface area contributed by atoms with Crippen molar-refractivity contribution in [3.63, 3.8) is 0 Å². The van der Waals surface area contributed by atoms with Gasteiger partial charge in [-0.1, -0.05) is 84.1 Å². The summed E-state index contributed by atoms with van der Waals surface area (Å²) >= 11 is 9.25. The van der Waals surface area contributed by atoms with Crippen molar-refractivity contribution in [1.29, 1.82) is 0 Å². The maximum Gasteiger partial charge on any atom is 0.0886 e. The van der Waals surface area contributed by atoms with Gasteiger partial charge in [-0.2, -0.15) is 0 Å². The zero-order valence-corrected chi connectivity index (χ0v) is 14.2. The van der Waals surface area contributed by atoms with Gasteiger partial charge in [-0.05, 0) is 35.6 Å². The zero-order chi connectivity index (χ0) is 14.2. The molecular formula is C18H22BrCl. The van der Waals surface area contributed by atoms with Gasteiger partial charge in [0.25, 0.3) is 0 Å². The number of halogens is 2. The Hall–Kier alpha value is -0.530. The number of rotatable bonds is 8.